The molecule has 1 aliphatic carbocycles. The van der Waals surface area contributed by atoms with Crippen LogP contribution in [0.2, 0.25) is 0 Å². The molecule has 2 heterocycles. The molecule has 2 fully saturated rings. The average Bonchev–Trinajstić information content (AvgIpc) is 3.25. The van der Waals surface area contributed by atoms with Crippen LogP contribution in [0.4, 0.5) is 5.13 Å². The molecule has 3 rings (SSSR count). The number of amides is 2. The van der Waals surface area contributed by atoms with Gasteiger partial charge in [0.25, 0.3) is 0 Å². The maximum Gasteiger partial charge on any atom is 0.226 e. The summed E-state index contributed by atoms with van der Waals surface area (Å²) in [5.41, 5.74) is 5.70. The van der Waals surface area contributed by atoms with Crippen molar-refractivity contribution in [2.45, 2.75) is 58.3 Å². The van der Waals surface area contributed by atoms with E-state index in [4.69, 9.17) is 5.73 Å². The summed E-state index contributed by atoms with van der Waals surface area (Å²) in [6, 6.07) is 0. The molecular formula is C19H32Cl2N4O2S. The number of hydrogen-bond acceptors (Lipinski definition) is 5. The highest BCUT2D eigenvalue weighted by atomic mass is 35.5. The largest absolute Gasteiger partial charge is 0.342 e. The highest BCUT2D eigenvalue weighted by Crippen LogP contribution is 2.43. The van der Waals surface area contributed by atoms with Crippen molar-refractivity contribution in [2.75, 3.05) is 25.0 Å². The predicted octanol–water partition coefficient (Wildman–Crippen LogP) is 3.85. The van der Waals surface area contributed by atoms with Crippen LogP contribution in [0.1, 0.15) is 58.3 Å². The van der Waals surface area contributed by atoms with Crippen molar-refractivity contribution in [3.8, 4) is 0 Å². The van der Waals surface area contributed by atoms with Crippen LogP contribution in [-0.2, 0) is 9.59 Å². The number of hydrogen-bond donors (Lipinski definition) is 2. The number of carbonyl (C=O) groups excluding carboxylic acids is 2. The molecule has 1 unspecified atom stereocenters. The zero-order valence-corrected chi connectivity index (χ0v) is 18.9. The molecule has 0 aromatic carbocycles. The van der Waals surface area contributed by atoms with Crippen LogP contribution in [-0.4, -0.2) is 41.3 Å². The van der Waals surface area contributed by atoms with Gasteiger partial charge in [-0.15, -0.1) is 36.2 Å². The molecule has 160 valence electrons. The monoisotopic (exact) mass is 450 g/mol. The van der Waals surface area contributed by atoms with E-state index in [1.165, 1.54) is 17.8 Å². The Hall–Kier alpha value is -0.890. The lowest BCUT2D eigenvalue weighted by molar-refractivity contribution is -0.134. The van der Waals surface area contributed by atoms with Crippen molar-refractivity contribution in [1.82, 2.24) is 9.88 Å². The molecule has 3 N–H and O–H groups in total. The zero-order chi connectivity index (χ0) is 18.6. The first-order valence-electron chi connectivity index (χ1n) is 9.61. The summed E-state index contributed by atoms with van der Waals surface area (Å²) in [4.78, 5) is 31.6. The maximum atomic E-state index is 13.0. The molecule has 6 nitrogen and oxygen atoms in total. The molecule has 1 saturated carbocycles. The van der Waals surface area contributed by atoms with Crippen molar-refractivity contribution in [3.63, 3.8) is 0 Å². The number of carbonyl (C=O) groups is 2. The molecule has 2 amide bonds. The summed E-state index contributed by atoms with van der Waals surface area (Å²) >= 11 is 1.42. The Kier molecular flexibility index (Phi) is 9.67. The number of nitrogens with one attached hydrogen (secondary N) is 1. The van der Waals surface area contributed by atoms with Gasteiger partial charge in [-0.2, -0.15) is 0 Å². The molecule has 1 aromatic rings. The normalized spacial score (nSPS) is 23.4. The Bertz CT molecular complexity index is 638. The standard InChI is InChI=1S/C19H30N4O2S.2ClH/c1-18(13-20)7-9-23(14-18)16(25)12-19(5-3-2-4-6-19)11-15(24)22-17-21-8-10-26-17;;/h8,10H,2-7,9,11-14,20H2,1H3,(H,21,22,24);2*1H. The van der Waals surface area contributed by atoms with Crippen LogP contribution < -0.4 is 11.1 Å². The Morgan fingerprint density at radius 3 is 2.50 bits per heavy atom. The van der Waals surface area contributed by atoms with Crippen LogP contribution in [0.15, 0.2) is 11.6 Å². The molecule has 1 saturated heterocycles. The number of anilines is 1. The van der Waals surface area contributed by atoms with Gasteiger partial charge in [0.05, 0.1) is 0 Å². The van der Waals surface area contributed by atoms with Gasteiger partial charge in [0.2, 0.25) is 11.8 Å². The predicted molar refractivity (Wildman–Crippen MR) is 118 cm³/mol. The summed E-state index contributed by atoms with van der Waals surface area (Å²) in [5, 5.41) is 5.36. The number of aromatic nitrogens is 1. The number of likely N-dealkylation sites (tertiary alicyclic amines) is 1. The highest BCUT2D eigenvalue weighted by molar-refractivity contribution is 7.13. The van der Waals surface area contributed by atoms with Gasteiger partial charge in [0.1, 0.15) is 0 Å². The number of nitrogens with two attached hydrogens (primary N) is 1. The van der Waals surface area contributed by atoms with E-state index >= 15 is 0 Å². The second-order valence-electron chi connectivity index (χ2n) is 8.38. The lowest BCUT2D eigenvalue weighted by Gasteiger charge is -2.37. The smallest absolute Gasteiger partial charge is 0.226 e. The summed E-state index contributed by atoms with van der Waals surface area (Å²) in [6.07, 6.45) is 8.81. The van der Waals surface area contributed by atoms with Crippen molar-refractivity contribution >= 4 is 53.1 Å². The van der Waals surface area contributed by atoms with Gasteiger partial charge in [-0.1, -0.05) is 26.2 Å². The number of rotatable bonds is 6. The summed E-state index contributed by atoms with van der Waals surface area (Å²) < 4.78 is 0. The first kappa shape index (κ1) is 25.1. The van der Waals surface area contributed by atoms with Crippen molar-refractivity contribution in [1.29, 1.82) is 0 Å². The summed E-state index contributed by atoms with van der Waals surface area (Å²) in [7, 11) is 0. The number of halogens is 2. The van der Waals surface area contributed by atoms with Gasteiger partial charge < -0.3 is 16.0 Å². The molecule has 0 radical (unpaired) electrons. The molecule has 1 aromatic heterocycles. The van der Waals surface area contributed by atoms with Gasteiger partial charge in [0, 0.05) is 37.5 Å². The Balaban J connectivity index is 0.00000196. The van der Waals surface area contributed by atoms with E-state index < -0.39 is 0 Å². The zero-order valence-electron chi connectivity index (χ0n) is 16.4. The van der Waals surface area contributed by atoms with E-state index in [0.29, 0.717) is 24.5 Å². The number of thiazole rings is 1. The van der Waals surface area contributed by atoms with Crippen LogP contribution in [0, 0.1) is 10.8 Å². The third-order valence-electron chi connectivity index (χ3n) is 6.06. The Labute approximate surface area is 183 Å². The van der Waals surface area contributed by atoms with E-state index in [9.17, 15) is 9.59 Å². The summed E-state index contributed by atoms with van der Waals surface area (Å²) in [6.45, 7) is 4.29. The average molecular weight is 451 g/mol. The first-order valence-corrected chi connectivity index (χ1v) is 10.5. The minimum absolute atomic E-state index is 0. The van der Waals surface area contributed by atoms with Crippen LogP contribution in [0.3, 0.4) is 0 Å². The van der Waals surface area contributed by atoms with Crippen molar-refractivity contribution < 1.29 is 9.59 Å². The maximum absolute atomic E-state index is 13.0. The molecule has 0 bridgehead atoms. The third kappa shape index (κ3) is 6.31. The minimum atomic E-state index is -0.210. The molecule has 2 aliphatic rings. The lowest BCUT2D eigenvalue weighted by atomic mass is 9.69. The van der Waals surface area contributed by atoms with Crippen LogP contribution in [0.5, 0.6) is 0 Å². The van der Waals surface area contributed by atoms with Gasteiger partial charge in [-0.25, -0.2) is 4.98 Å². The van der Waals surface area contributed by atoms with Gasteiger partial charge in [-0.3, -0.25) is 9.59 Å². The second kappa shape index (κ2) is 10.8. The number of nitrogens with zero attached hydrogens (tertiary/aromatic N) is 2. The molecule has 28 heavy (non-hydrogen) atoms. The Morgan fingerprint density at radius 2 is 1.93 bits per heavy atom. The fourth-order valence-corrected chi connectivity index (χ4v) is 4.89. The Morgan fingerprint density at radius 1 is 1.21 bits per heavy atom. The highest BCUT2D eigenvalue weighted by Gasteiger charge is 2.40. The fraction of sp³-hybridized carbons (Fsp3) is 0.737. The van der Waals surface area contributed by atoms with Crippen molar-refractivity contribution in [2.24, 2.45) is 16.6 Å². The molecule has 0 spiro atoms. The van der Waals surface area contributed by atoms with E-state index in [-0.39, 0.29) is 47.5 Å². The van der Waals surface area contributed by atoms with E-state index in [0.717, 1.165) is 45.2 Å². The van der Waals surface area contributed by atoms with E-state index in [1.807, 2.05) is 10.3 Å². The topological polar surface area (TPSA) is 88.3 Å². The van der Waals surface area contributed by atoms with Crippen LogP contribution in [0.25, 0.3) is 0 Å². The van der Waals surface area contributed by atoms with Gasteiger partial charge >= 0.3 is 0 Å². The van der Waals surface area contributed by atoms with Gasteiger partial charge in [-0.05, 0) is 36.6 Å². The summed E-state index contributed by atoms with van der Waals surface area (Å²) in [5.74, 6) is 0.161. The van der Waals surface area contributed by atoms with Crippen LogP contribution >= 0.6 is 36.2 Å². The van der Waals surface area contributed by atoms with Crippen molar-refractivity contribution in [3.05, 3.63) is 11.6 Å². The minimum Gasteiger partial charge on any atom is -0.342 e. The molecule has 1 aliphatic heterocycles. The van der Waals surface area contributed by atoms with Gasteiger partial charge in [0.15, 0.2) is 5.13 Å². The first-order chi connectivity index (χ1) is 12.4. The lowest BCUT2D eigenvalue weighted by Crippen LogP contribution is -2.39. The third-order valence-corrected chi connectivity index (χ3v) is 6.75. The fourth-order valence-electron chi connectivity index (χ4n) is 4.34. The van der Waals surface area contributed by atoms with E-state index in [1.54, 1.807) is 6.20 Å². The molecule has 9 heteroatoms. The molecule has 1 atom stereocenters. The molecular weight excluding hydrogens is 419 g/mol. The SMILES string of the molecule is CC1(CN)CCN(C(=O)CC2(CC(=O)Nc3nccs3)CCCCC2)C1.Cl.Cl. The second-order valence-corrected chi connectivity index (χ2v) is 9.27. The van der Waals surface area contributed by atoms with E-state index in [2.05, 4.69) is 17.2 Å². The quantitative estimate of drug-likeness (QED) is 0.688.